The Hall–Kier alpha value is -0.860. The van der Waals surface area contributed by atoms with E-state index in [9.17, 15) is 0 Å². The van der Waals surface area contributed by atoms with Gasteiger partial charge in [-0.3, -0.25) is 0 Å². The second-order valence-corrected chi connectivity index (χ2v) is 7.48. The molecule has 0 amide bonds. The summed E-state index contributed by atoms with van der Waals surface area (Å²) in [6.45, 7) is 11.4. The van der Waals surface area contributed by atoms with Crippen LogP contribution in [0, 0.1) is 12.8 Å². The number of piperazine rings is 1. The fourth-order valence-electron chi connectivity index (χ4n) is 4.39. The SMILES string of the molecule is Cc1ccccc1C[NH+]1CC[NH+](C2CCCC(C)C2)CC1. The van der Waals surface area contributed by atoms with E-state index in [-0.39, 0.29) is 0 Å². The second-order valence-electron chi connectivity index (χ2n) is 7.48. The number of hydrogen-bond donors (Lipinski definition) is 2. The molecule has 1 aliphatic carbocycles. The van der Waals surface area contributed by atoms with Crippen LogP contribution in [0.5, 0.6) is 0 Å². The fraction of sp³-hybridized carbons (Fsp3) is 0.684. The van der Waals surface area contributed by atoms with Crippen LogP contribution in [0.1, 0.15) is 43.7 Å². The standard InChI is InChI=1S/C19H30N2/c1-16-6-5-9-19(14-16)21-12-10-20(11-13-21)15-18-8-4-3-7-17(18)2/h3-4,7-8,16,19H,5-6,9-15H2,1-2H3/p+2. The molecule has 116 valence electrons. The highest BCUT2D eigenvalue weighted by Crippen LogP contribution is 2.21. The summed E-state index contributed by atoms with van der Waals surface area (Å²) in [6.07, 6.45) is 5.89. The van der Waals surface area contributed by atoms with Crippen molar-refractivity contribution in [1.82, 2.24) is 0 Å². The lowest BCUT2D eigenvalue weighted by molar-refractivity contribution is -1.03. The predicted octanol–water partition coefficient (Wildman–Crippen LogP) is 0.857. The molecule has 3 rings (SSSR count). The van der Waals surface area contributed by atoms with Crippen molar-refractivity contribution in [3.05, 3.63) is 35.4 Å². The zero-order valence-corrected chi connectivity index (χ0v) is 13.8. The molecular weight excluding hydrogens is 256 g/mol. The molecule has 0 radical (unpaired) electrons. The van der Waals surface area contributed by atoms with Gasteiger partial charge in [-0.2, -0.15) is 0 Å². The van der Waals surface area contributed by atoms with Crippen molar-refractivity contribution in [2.75, 3.05) is 26.2 Å². The van der Waals surface area contributed by atoms with Crippen LogP contribution >= 0.6 is 0 Å². The molecule has 2 N–H and O–H groups in total. The molecule has 2 aliphatic rings. The van der Waals surface area contributed by atoms with E-state index < -0.39 is 0 Å². The molecule has 21 heavy (non-hydrogen) atoms. The van der Waals surface area contributed by atoms with Crippen molar-refractivity contribution in [1.29, 1.82) is 0 Å². The first kappa shape index (κ1) is 15.1. The quantitative estimate of drug-likeness (QED) is 0.816. The van der Waals surface area contributed by atoms with Gasteiger partial charge >= 0.3 is 0 Å². The summed E-state index contributed by atoms with van der Waals surface area (Å²) in [4.78, 5) is 3.70. The summed E-state index contributed by atoms with van der Waals surface area (Å²) in [5.41, 5.74) is 3.00. The molecule has 1 aromatic rings. The van der Waals surface area contributed by atoms with Crippen molar-refractivity contribution in [3.8, 4) is 0 Å². The van der Waals surface area contributed by atoms with Crippen LogP contribution in [0.15, 0.2) is 24.3 Å². The van der Waals surface area contributed by atoms with Gasteiger partial charge in [-0.05, 0) is 31.2 Å². The van der Waals surface area contributed by atoms with E-state index in [0.717, 1.165) is 12.0 Å². The fourth-order valence-corrected chi connectivity index (χ4v) is 4.39. The van der Waals surface area contributed by atoms with Gasteiger partial charge in [0.15, 0.2) is 0 Å². The first-order valence-corrected chi connectivity index (χ1v) is 8.95. The molecular formula is C19H32N2+2. The molecule has 2 fully saturated rings. The Bertz CT molecular complexity index is 449. The van der Waals surface area contributed by atoms with Crippen molar-refractivity contribution < 1.29 is 9.80 Å². The minimum Gasteiger partial charge on any atom is -0.323 e. The topological polar surface area (TPSA) is 8.88 Å². The van der Waals surface area contributed by atoms with E-state index >= 15 is 0 Å². The van der Waals surface area contributed by atoms with Crippen molar-refractivity contribution in [2.24, 2.45) is 5.92 Å². The zero-order valence-electron chi connectivity index (χ0n) is 13.8. The lowest BCUT2D eigenvalue weighted by Gasteiger charge is -2.37. The zero-order chi connectivity index (χ0) is 14.7. The molecule has 0 spiro atoms. The van der Waals surface area contributed by atoms with Crippen molar-refractivity contribution in [2.45, 2.75) is 52.1 Å². The third kappa shape index (κ3) is 3.87. The largest absolute Gasteiger partial charge is 0.323 e. The van der Waals surface area contributed by atoms with Gasteiger partial charge in [-0.25, -0.2) is 0 Å². The minimum atomic E-state index is 0.966. The third-order valence-corrected chi connectivity index (χ3v) is 5.81. The smallest absolute Gasteiger partial charge is 0.127 e. The number of aryl methyl sites for hydroxylation is 1. The average molecular weight is 288 g/mol. The lowest BCUT2D eigenvalue weighted by Crippen LogP contribution is -3.29. The highest BCUT2D eigenvalue weighted by atomic mass is 15.3. The highest BCUT2D eigenvalue weighted by molar-refractivity contribution is 5.24. The third-order valence-electron chi connectivity index (χ3n) is 5.81. The van der Waals surface area contributed by atoms with Gasteiger partial charge in [0.2, 0.25) is 0 Å². The van der Waals surface area contributed by atoms with E-state index in [1.165, 1.54) is 64.0 Å². The van der Waals surface area contributed by atoms with Crippen LogP contribution in [-0.2, 0) is 6.54 Å². The van der Waals surface area contributed by atoms with Crippen LogP contribution in [0.3, 0.4) is 0 Å². The van der Waals surface area contributed by atoms with Gasteiger partial charge in [-0.1, -0.05) is 37.6 Å². The predicted molar refractivity (Wildman–Crippen MR) is 87.7 cm³/mol. The Kier molecular flexibility index (Phi) is 4.97. The van der Waals surface area contributed by atoms with E-state index in [0.29, 0.717) is 0 Å². The molecule has 1 saturated heterocycles. The van der Waals surface area contributed by atoms with E-state index in [4.69, 9.17) is 0 Å². The van der Waals surface area contributed by atoms with Crippen molar-refractivity contribution in [3.63, 3.8) is 0 Å². The minimum absolute atomic E-state index is 0.966. The monoisotopic (exact) mass is 288 g/mol. The number of quaternary nitrogens is 2. The molecule has 1 heterocycles. The van der Waals surface area contributed by atoms with Crippen LogP contribution < -0.4 is 9.80 Å². The molecule has 0 bridgehead atoms. The summed E-state index contributed by atoms with van der Waals surface area (Å²) >= 11 is 0. The average Bonchev–Trinajstić information content (AvgIpc) is 2.50. The van der Waals surface area contributed by atoms with Crippen LogP contribution in [0.25, 0.3) is 0 Å². The number of benzene rings is 1. The Morgan fingerprint density at radius 2 is 1.81 bits per heavy atom. The molecule has 2 heteroatoms. The Labute approximate surface area is 130 Å². The van der Waals surface area contributed by atoms with E-state index in [1.54, 1.807) is 10.5 Å². The Morgan fingerprint density at radius 1 is 1.05 bits per heavy atom. The summed E-state index contributed by atoms with van der Waals surface area (Å²) in [6, 6.07) is 9.87. The van der Waals surface area contributed by atoms with Gasteiger partial charge < -0.3 is 9.80 Å². The normalized spacial score (nSPS) is 33.8. The molecule has 0 aromatic heterocycles. The first-order chi connectivity index (χ1) is 10.2. The number of hydrogen-bond acceptors (Lipinski definition) is 0. The van der Waals surface area contributed by atoms with Gasteiger partial charge in [-0.15, -0.1) is 0 Å². The maximum atomic E-state index is 2.45. The molecule has 1 saturated carbocycles. The summed E-state index contributed by atoms with van der Waals surface area (Å²) in [5, 5.41) is 0. The summed E-state index contributed by atoms with van der Waals surface area (Å²) < 4.78 is 0. The number of nitrogens with one attached hydrogen (secondary N) is 2. The lowest BCUT2D eigenvalue weighted by atomic mass is 9.86. The second kappa shape index (κ2) is 6.93. The maximum Gasteiger partial charge on any atom is 0.127 e. The molecule has 2 unspecified atom stereocenters. The molecule has 1 aromatic carbocycles. The Morgan fingerprint density at radius 3 is 2.52 bits per heavy atom. The van der Waals surface area contributed by atoms with Gasteiger partial charge in [0.25, 0.3) is 0 Å². The van der Waals surface area contributed by atoms with Crippen LogP contribution in [-0.4, -0.2) is 32.2 Å². The number of rotatable bonds is 3. The molecule has 1 aliphatic heterocycles. The first-order valence-electron chi connectivity index (χ1n) is 8.95. The Balaban J connectivity index is 1.50. The van der Waals surface area contributed by atoms with E-state index in [1.807, 2.05) is 4.90 Å². The molecule has 2 nitrogen and oxygen atoms in total. The van der Waals surface area contributed by atoms with Crippen LogP contribution in [0.2, 0.25) is 0 Å². The molecule has 2 atom stereocenters. The maximum absolute atomic E-state index is 2.45. The highest BCUT2D eigenvalue weighted by Gasteiger charge is 2.32. The van der Waals surface area contributed by atoms with Crippen molar-refractivity contribution >= 4 is 0 Å². The van der Waals surface area contributed by atoms with Gasteiger partial charge in [0.05, 0.1) is 6.04 Å². The van der Waals surface area contributed by atoms with Gasteiger partial charge in [0.1, 0.15) is 32.7 Å². The van der Waals surface area contributed by atoms with Crippen LogP contribution in [0.4, 0.5) is 0 Å². The summed E-state index contributed by atoms with van der Waals surface area (Å²) in [7, 11) is 0. The summed E-state index contributed by atoms with van der Waals surface area (Å²) in [5.74, 6) is 0.966. The van der Waals surface area contributed by atoms with Gasteiger partial charge in [0, 0.05) is 12.0 Å². The van der Waals surface area contributed by atoms with E-state index in [2.05, 4.69) is 38.1 Å².